The first-order chi connectivity index (χ1) is 7.26. The monoisotopic (exact) mass is 213 g/mol. The van der Waals surface area contributed by atoms with Crippen LogP contribution in [-0.4, -0.2) is 23.8 Å². The molecule has 2 heteroatoms. The SMILES string of the molecule is CCC(O)CCNC1CCC(CC)CC1. The first-order valence-electron chi connectivity index (χ1n) is 6.67. The minimum absolute atomic E-state index is 0.107. The highest BCUT2D eigenvalue weighted by Gasteiger charge is 2.19. The average molecular weight is 213 g/mol. The number of nitrogens with one attached hydrogen (secondary N) is 1. The minimum Gasteiger partial charge on any atom is -0.393 e. The second-order valence-electron chi connectivity index (χ2n) is 4.93. The van der Waals surface area contributed by atoms with Gasteiger partial charge < -0.3 is 10.4 Å². The van der Waals surface area contributed by atoms with Crippen LogP contribution in [0.2, 0.25) is 0 Å². The molecule has 1 rings (SSSR count). The van der Waals surface area contributed by atoms with Crippen molar-refractivity contribution < 1.29 is 5.11 Å². The van der Waals surface area contributed by atoms with Gasteiger partial charge in [0.15, 0.2) is 0 Å². The van der Waals surface area contributed by atoms with E-state index in [2.05, 4.69) is 12.2 Å². The third-order valence-corrected chi connectivity index (χ3v) is 3.81. The smallest absolute Gasteiger partial charge is 0.0549 e. The maximum atomic E-state index is 9.43. The number of rotatable bonds is 6. The Morgan fingerprint density at radius 1 is 1.20 bits per heavy atom. The van der Waals surface area contributed by atoms with Crippen LogP contribution >= 0.6 is 0 Å². The minimum atomic E-state index is -0.107. The summed E-state index contributed by atoms with van der Waals surface area (Å²) in [6, 6.07) is 0.719. The Morgan fingerprint density at radius 3 is 2.40 bits per heavy atom. The molecule has 0 aromatic rings. The quantitative estimate of drug-likeness (QED) is 0.711. The zero-order valence-electron chi connectivity index (χ0n) is 10.3. The first-order valence-corrected chi connectivity index (χ1v) is 6.67. The van der Waals surface area contributed by atoms with E-state index in [1.54, 1.807) is 0 Å². The molecule has 1 unspecified atom stereocenters. The molecule has 0 bridgehead atoms. The number of hydrogen-bond acceptors (Lipinski definition) is 2. The van der Waals surface area contributed by atoms with Gasteiger partial charge in [-0.3, -0.25) is 0 Å². The molecule has 0 aromatic carbocycles. The Labute approximate surface area is 94.5 Å². The molecule has 1 atom stereocenters. The fraction of sp³-hybridized carbons (Fsp3) is 1.00. The highest BCUT2D eigenvalue weighted by Crippen LogP contribution is 2.26. The van der Waals surface area contributed by atoms with E-state index in [0.29, 0.717) is 0 Å². The molecule has 0 radical (unpaired) electrons. The average Bonchev–Trinajstić information content (AvgIpc) is 2.29. The first kappa shape index (κ1) is 13.0. The second-order valence-corrected chi connectivity index (χ2v) is 4.93. The summed E-state index contributed by atoms with van der Waals surface area (Å²) in [6.45, 7) is 5.32. The fourth-order valence-electron chi connectivity index (χ4n) is 2.43. The van der Waals surface area contributed by atoms with E-state index in [1.807, 2.05) is 6.92 Å². The van der Waals surface area contributed by atoms with E-state index < -0.39 is 0 Å². The van der Waals surface area contributed by atoms with Crippen LogP contribution in [0.4, 0.5) is 0 Å². The van der Waals surface area contributed by atoms with Crippen molar-refractivity contribution in [1.29, 1.82) is 0 Å². The Morgan fingerprint density at radius 2 is 1.87 bits per heavy atom. The van der Waals surface area contributed by atoms with Gasteiger partial charge >= 0.3 is 0 Å². The van der Waals surface area contributed by atoms with Crippen LogP contribution in [0.3, 0.4) is 0 Å². The molecule has 1 aliphatic carbocycles. The van der Waals surface area contributed by atoms with E-state index in [-0.39, 0.29) is 6.10 Å². The highest BCUT2D eigenvalue weighted by atomic mass is 16.3. The lowest BCUT2D eigenvalue weighted by Gasteiger charge is -2.28. The van der Waals surface area contributed by atoms with Crippen molar-refractivity contribution in [2.45, 2.75) is 70.9 Å². The normalized spacial score (nSPS) is 29.0. The van der Waals surface area contributed by atoms with Crippen LogP contribution in [0.25, 0.3) is 0 Å². The standard InChI is InChI=1S/C13H27NO/c1-3-11-5-7-12(8-6-11)14-10-9-13(15)4-2/h11-15H,3-10H2,1-2H3. The molecule has 0 aliphatic heterocycles. The Hall–Kier alpha value is -0.0800. The molecule has 0 saturated heterocycles. The molecule has 1 saturated carbocycles. The molecule has 90 valence electrons. The third-order valence-electron chi connectivity index (χ3n) is 3.81. The molecular formula is C13H27NO. The summed E-state index contributed by atoms with van der Waals surface area (Å²) in [6.07, 6.45) is 8.48. The Kier molecular flexibility index (Phi) is 6.26. The maximum Gasteiger partial charge on any atom is 0.0549 e. The molecular weight excluding hydrogens is 186 g/mol. The van der Waals surface area contributed by atoms with E-state index in [9.17, 15) is 5.11 Å². The van der Waals surface area contributed by atoms with Crippen LogP contribution in [0.1, 0.15) is 58.8 Å². The molecule has 0 aromatic heterocycles. The molecule has 0 amide bonds. The molecule has 0 heterocycles. The van der Waals surface area contributed by atoms with Gasteiger partial charge in [-0.1, -0.05) is 20.3 Å². The van der Waals surface area contributed by atoms with Crippen LogP contribution < -0.4 is 5.32 Å². The number of hydrogen-bond donors (Lipinski definition) is 2. The van der Waals surface area contributed by atoms with E-state index >= 15 is 0 Å². The molecule has 2 nitrogen and oxygen atoms in total. The summed E-state index contributed by atoms with van der Waals surface area (Å²) >= 11 is 0. The van der Waals surface area contributed by atoms with Gasteiger partial charge in [0, 0.05) is 6.04 Å². The van der Waals surface area contributed by atoms with Crippen LogP contribution in [-0.2, 0) is 0 Å². The second kappa shape index (κ2) is 7.24. The van der Waals surface area contributed by atoms with E-state index in [4.69, 9.17) is 0 Å². The van der Waals surface area contributed by atoms with E-state index in [0.717, 1.165) is 31.3 Å². The van der Waals surface area contributed by atoms with Crippen molar-refractivity contribution >= 4 is 0 Å². The van der Waals surface area contributed by atoms with Gasteiger partial charge in [-0.25, -0.2) is 0 Å². The zero-order valence-corrected chi connectivity index (χ0v) is 10.3. The highest BCUT2D eigenvalue weighted by molar-refractivity contribution is 4.76. The Bertz CT molecular complexity index is 153. The largest absolute Gasteiger partial charge is 0.393 e. The van der Waals surface area contributed by atoms with Crippen molar-refractivity contribution in [3.05, 3.63) is 0 Å². The number of aliphatic hydroxyl groups is 1. The summed E-state index contributed by atoms with van der Waals surface area (Å²) in [7, 11) is 0. The van der Waals surface area contributed by atoms with Crippen molar-refractivity contribution in [3.8, 4) is 0 Å². The predicted molar refractivity (Wildman–Crippen MR) is 65.0 cm³/mol. The van der Waals surface area contributed by atoms with Crippen molar-refractivity contribution in [2.24, 2.45) is 5.92 Å². The summed E-state index contributed by atoms with van der Waals surface area (Å²) in [5.41, 5.74) is 0. The van der Waals surface area contributed by atoms with Crippen LogP contribution in [0.5, 0.6) is 0 Å². The lowest BCUT2D eigenvalue weighted by Crippen LogP contribution is -2.34. The lowest BCUT2D eigenvalue weighted by atomic mass is 9.84. The summed E-state index contributed by atoms with van der Waals surface area (Å²) in [4.78, 5) is 0. The van der Waals surface area contributed by atoms with Crippen molar-refractivity contribution in [3.63, 3.8) is 0 Å². The lowest BCUT2D eigenvalue weighted by molar-refractivity contribution is 0.156. The van der Waals surface area contributed by atoms with Gasteiger partial charge in [0.2, 0.25) is 0 Å². The summed E-state index contributed by atoms with van der Waals surface area (Å²) in [5.74, 6) is 0.976. The fourth-order valence-corrected chi connectivity index (χ4v) is 2.43. The number of aliphatic hydroxyl groups excluding tert-OH is 1. The maximum absolute atomic E-state index is 9.43. The predicted octanol–water partition coefficient (Wildman–Crippen LogP) is 2.71. The molecule has 1 fully saturated rings. The summed E-state index contributed by atoms with van der Waals surface area (Å²) in [5, 5.41) is 13.0. The molecule has 15 heavy (non-hydrogen) atoms. The van der Waals surface area contributed by atoms with Crippen molar-refractivity contribution in [1.82, 2.24) is 5.32 Å². The molecule has 1 aliphatic rings. The Balaban J connectivity index is 2.03. The molecule has 0 spiro atoms. The van der Waals surface area contributed by atoms with Gasteiger partial charge in [0.1, 0.15) is 0 Å². The topological polar surface area (TPSA) is 32.3 Å². The van der Waals surface area contributed by atoms with Crippen LogP contribution in [0.15, 0.2) is 0 Å². The summed E-state index contributed by atoms with van der Waals surface area (Å²) < 4.78 is 0. The zero-order chi connectivity index (χ0) is 11.1. The third kappa shape index (κ3) is 4.98. The van der Waals surface area contributed by atoms with Gasteiger partial charge in [-0.15, -0.1) is 0 Å². The van der Waals surface area contributed by atoms with Gasteiger partial charge in [0.05, 0.1) is 6.10 Å². The van der Waals surface area contributed by atoms with Crippen molar-refractivity contribution in [2.75, 3.05) is 6.54 Å². The van der Waals surface area contributed by atoms with Gasteiger partial charge in [0.25, 0.3) is 0 Å². The van der Waals surface area contributed by atoms with Crippen LogP contribution in [0, 0.1) is 5.92 Å². The molecule has 2 N–H and O–H groups in total. The van der Waals surface area contributed by atoms with E-state index in [1.165, 1.54) is 32.1 Å². The van der Waals surface area contributed by atoms with Gasteiger partial charge in [-0.2, -0.15) is 0 Å². The van der Waals surface area contributed by atoms with Gasteiger partial charge in [-0.05, 0) is 51.0 Å².